The summed E-state index contributed by atoms with van der Waals surface area (Å²) in [4.78, 5) is 26.3. The lowest BCUT2D eigenvalue weighted by molar-refractivity contribution is -0.140. The third-order valence-corrected chi connectivity index (χ3v) is 4.44. The Bertz CT molecular complexity index is 857. The van der Waals surface area contributed by atoms with Crippen LogP contribution >= 0.6 is 0 Å². The van der Waals surface area contributed by atoms with Crippen molar-refractivity contribution in [1.82, 2.24) is 14.6 Å². The minimum absolute atomic E-state index is 0.296. The molecule has 1 saturated heterocycles. The average molecular weight is 369 g/mol. The first-order valence-corrected chi connectivity index (χ1v) is 8.26. The molecule has 0 aromatic carbocycles. The summed E-state index contributed by atoms with van der Waals surface area (Å²) >= 11 is 0. The fraction of sp³-hybridized carbons (Fsp3) is 0.471. The number of nitrogens with zero attached hydrogens (tertiary/aromatic N) is 3. The first-order chi connectivity index (χ1) is 12.3. The van der Waals surface area contributed by atoms with Gasteiger partial charge in [-0.3, -0.25) is 9.59 Å². The molecule has 3 rings (SSSR count). The number of carbonyl (C=O) groups is 1. The Hall–Kier alpha value is -2.58. The molecule has 1 aliphatic rings. The van der Waals surface area contributed by atoms with Gasteiger partial charge < -0.3 is 14.0 Å². The van der Waals surface area contributed by atoms with Crippen molar-refractivity contribution in [3.8, 4) is 0 Å². The number of amides is 1. The number of alkyl halides is 3. The van der Waals surface area contributed by atoms with Gasteiger partial charge in [0.15, 0.2) is 0 Å². The van der Waals surface area contributed by atoms with Crippen LogP contribution in [0.1, 0.15) is 42.3 Å². The van der Waals surface area contributed by atoms with Crippen molar-refractivity contribution in [1.29, 1.82) is 0 Å². The third kappa shape index (κ3) is 3.66. The Labute approximate surface area is 147 Å². The predicted octanol–water partition coefficient (Wildman–Crippen LogP) is 2.92. The summed E-state index contributed by atoms with van der Waals surface area (Å²) in [7, 11) is 0. The van der Waals surface area contributed by atoms with E-state index in [2.05, 4.69) is 5.16 Å². The van der Waals surface area contributed by atoms with Crippen LogP contribution in [0, 0.1) is 6.92 Å². The van der Waals surface area contributed by atoms with Crippen molar-refractivity contribution in [2.45, 2.75) is 44.9 Å². The van der Waals surface area contributed by atoms with Crippen LogP contribution in [0.2, 0.25) is 0 Å². The second kappa shape index (κ2) is 6.97. The van der Waals surface area contributed by atoms with Crippen LogP contribution in [-0.2, 0) is 17.5 Å². The minimum atomic E-state index is -4.75. The van der Waals surface area contributed by atoms with Crippen molar-refractivity contribution < 1.29 is 22.5 Å². The summed E-state index contributed by atoms with van der Waals surface area (Å²) in [5.41, 5.74) is -1.89. The van der Waals surface area contributed by atoms with E-state index in [-0.39, 0.29) is 6.04 Å². The highest BCUT2D eigenvalue weighted by molar-refractivity contribution is 5.76. The minimum Gasteiger partial charge on any atom is -0.361 e. The van der Waals surface area contributed by atoms with Crippen LogP contribution in [0.3, 0.4) is 0 Å². The fourth-order valence-electron chi connectivity index (χ4n) is 3.19. The molecule has 0 saturated carbocycles. The van der Waals surface area contributed by atoms with Crippen LogP contribution in [0.4, 0.5) is 13.2 Å². The number of pyridine rings is 1. The van der Waals surface area contributed by atoms with E-state index in [0.29, 0.717) is 30.5 Å². The van der Waals surface area contributed by atoms with Gasteiger partial charge in [-0.05, 0) is 38.3 Å². The standard InChI is InChI=1S/C17H18F3N3O3/c1-11-9-13(21-26-11)14-6-2-3-8-23(14)15(24)10-22-7-4-5-12(16(22)25)17(18,19)20/h4-5,7,9,14H,2-3,6,8,10H2,1H3/t14-/m0/s1. The van der Waals surface area contributed by atoms with Crippen molar-refractivity contribution in [3.05, 3.63) is 51.8 Å². The zero-order chi connectivity index (χ0) is 18.9. The van der Waals surface area contributed by atoms with Gasteiger partial charge in [0.25, 0.3) is 5.56 Å². The van der Waals surface area contributed by atoms with Crippen LogP contribution in [0.15, 0.2) is 33.7 Å². The predicted molar refractivity (Wildman–Crippen MR) is 85.2 cm³/mol. The third-order valence-electron chi connectivity index (χ3n) is 4.44. The van der Waals surface area contributed by atoms with E-state index in [9.17, 15) is 22.8 Å². The summed E-state index contributed by atoms with van der Waals surface area (Å²) in [5, 5.41) is 3.96. The summed E-state index contributed by atoms with van der Waals surface area (Å²) in [6.45, 7) is 1.76. The molecule has 2 aromatic heterocycles. The van der Waals surface area contributed by atoms with Crippen LogP contribution in [0.5, 0.6) is 0 Å². The largest absolute Gasteiger partial charge is 0.421 e. The molecule has 1 atom stereocenters. The van der Waals surface area contributed by atoms with Crippen LogP contribution < -0.4 is 5.56 Å². The number of carbonyl (C=O) groups excluding carboxylic acids is 1. The molecule has 3 heterocycles. The van der Waals surface area contributed by atoms with E-state index < -0.39 is 29.8 Å². The lowest BCUT2D eigenvalue weighted by Gasteiger charge is -2.34. The molecule has 1 amide bonds. The van der Waals surface area contributed by atoms with E-state index in [1.807, 2.05) is 0 Å². The average Bonchev–Trinajstić information content (AvgIpc) is 3.02. The second-order valence-electron chi connectivity index (χ2n) is 6.31. The quantitative estimate of drug-likeness (QED) is 0.834. The Kier molecular flexibility index (Phi) is 4.88. The van der Waals surface area contributed by atoms with E-state index in [4.69, 9.17) is 4.52 Å². The number of aryl methyl sites for hydroxylation is 1. The van der Waals surface area contributed by atoms with Crippen molar-refractivity contribution in [3.63, 3.8) is 0 Å². The molecule has 9 heteroatoms. The lowest BCUT2D eigenvalue weighted by Crippen LogP contribution is -2.42. The number of rotatable bonds is 3. The Morgan fingerprint density at radius 1 is 1.38 bits per heavy atom. The molecule has 2 aromatic rings. The van der Waals surface area contributed by atoms with Gasteiger partial charge in [-0.2, -0.15) is 13.2 Å². The van der Waals surface area contributed by atoms with Gasteiger partial charge in [0.05, 0.1) is 6.04 Å². The molecule has 0 aliphatic carbocycles. The van der Waals surface area contributed by atoms with Gasteiger partial charge in [-0.15, -0.1) is 0 Å². The maximum Gasteiger partial charge on any atom is 0.421 e. The zero-order valence-electron chi connectivity index (χ0n) is 14.1. The number of hydrogen-bond donors (Lipinski definition) is 0. The van der Waals surface area contributed by atoms with E-state index in [1.165, 1.54) is 6.20 Å². The van der Waals surface area contributed by atoms with Gasteiger partial charge in [0.2, 0.25) is 5.91 Å². The monoisotopic (exact) mass is 369 g/mol. The molecular formula is C17H18F3N3O3. The van der Waals surface area contributed by atoms with Crippen LogP contribution in [0.25, 0.3) is 0 Å². The van der Waals surface area contributed by atoms with Crippen LogP contribution in [-0.4, -0.2) is 27.1 Å². The van der Waals surface area contributed by atoms with Gasteiger partial charge >= 0.3 is 6.18 Å². The SMILES string of the molecule is Cc1cc([C@@H]2CCCCN2C(=O)Cn2cccc(C(F)(F)F)c2=O)no1. The van der Waals surface area contributed by atoms with Crippen molar-refractivity contribution in [2.75, 3.05) is 6.54 Å². The fourth-order valence-corrected chi connectivity index (χ4v) is 3.19. The summed E-state index contributed by atoms with van der Waals surface area (Å²) in [6.07, 6.45) is -1.18. The molecule has 0 spiro atoms. The smallest absolute Gasteiger partial charge is 0.361 e. The molecule has 0 bridgehead atoms. The molecule has 0 radical (unpaired) electrons. The number of aromatic nitrogens is 2. The Morgan fingerprint density at radius 2 is 2.15 bits per heavy atom. The Morgan fingerprint density at radius 3 is 2.81 bits per heavy atom. The normalized spacial score (nSPS) is 18.2. The number of halogens is 3. The maximum atomic E-state index is 12.9. The molecule has 140 valence electrons. The molecule has 0 unspecified atom stereocenters. The maximum absolute atomic E-state index is 12.9. The van der Waals surface area contributed by atoms with Gasteiger partial charge in [-0.1, -0.05) is 5.16 Å². The Balaban J connectivity index is 1.84. The molecule has 6 nitrogen and oxygen atoms in total. The summed E-state index contributed by atoms with van der Waals surface area (Å²) in [6, 6.07) is 3.28. The molecule has 1 aliphatic heterocycles. The molecule has 26 heavy (non-hydrogen) atoms. The second-order valence-corrected chi connectivity index (χ2v) is 6.31. The van der Waals surface area contributed by atoms with Gasteiger partial charge in [0.1, 0.15) is 23.6 Å². The van der Waals surface area contributed by atoms with Gasteiger partial charge in [-0.25, -0.2) is 0 Å². The number of piperidine rings is 1. The molecular weight excluding hydrogens is 351 g/mol. The van der Waals surface area contributed by atoms with Gasteiger partial charge in [0, 0.05) is 18.8 Å². The zero-order valence-corrected chi connectivity index (χ0v) is 14.1. The molecule has 0 N–H and O–H groups in total. The lowest BCUT2D eigenvalue weighted by atomic mass is 9.99. The van der Waals surface area contributed by atoms with Crippen molar-refractivity contribution >= 4 is 5.91 Å². The summed E-state index contributed by atoms with van der Waals surface area (Å²) < 4.78 is 44.5. The van der Waals surface area contributed by atoms with E-state index in [0.717, 1.165) is 23.5 Å². The highest BCUT2D eigenvalue weighted by Gasteiger charge is 2.35. The highest BCUT2D eigenvalue weighted by atomic mass is 19.4. The molecule has 1 fully saturated rings. The van der Waals surface area contributed by atoms with Crippen molar-refractivity contribution in [2.24, 2.45) is 0 Å². The first-order valence-electron chi connectivity index (χ1n) is 8.26. The van der Waals surface area contributed by atoms with E-state index >= 15 is 0 Å². The summed E-state index contributed by atoms with van der Waals surface area (Å²) in [5.74, 6) is 0.198. The highest BCUT2D eigenvalue weighted by Crippen LogP contribution is 2.31. The number of likely N-dealkylation sites (tertiary alicyclic amines) is 1. The topological polar surface area (TPSA) is 68.3 Å². The first kappa shape index (κ1) is 18.2. The van der Waals surface area contributed by atoms with E-state index in [1.54, 1.807) is 17.9 Å². The number of hydrogen-bond acceptors (Lipinski definition) is 4.